The Labute approximate surface area is 87.1 Å². The Balaban J connectivity index is 2.02. The molecule has 0 radical (unpaired) electrons. The largest absolute Gasteiger partial charge is 0.354 e. The Morgan fingerprint density at radius 2 is 2.20 bits per heavy atom. The fourth-order valence-electron chi connectivity index (χ4n) is 1.88. The lowest BCUT2D eigenvalue weighted by Crippen LogP contribution is -2.43. The number of pyridine rings is 1. The molecule has 78 valence electrons. The quantitative estimate of drug-likeness (QED) is 0.738. The molecule has 15 heavy (non-hydrogen) atoms. The monoisotopic (exact) mass is 204 g/mol. The van der Waals surface area contributed by atoms with Crippen LogP contribution in [0.1, 0.15) is 0 Å². The molecule has 5 nitrogen and oxygen atoms in total. The van der Waals surface area contributed by atoms with Crippen LogP contribution in [0.15, 0.2) is 23.0 Å². The standard InChI is InChI=1S/C10H12N4O/c1-2-12-7-8-9(1)15-13-10(8)14-5-3-11-4-6-14/h1-2,7,11H,3-6H2. The molecule has 2 aromatic heterocycles. The van der Waals surface area contributed by atoms with Gasteiger partial charge in [0.2, 0.25) is 0 Å². The summed E-state index contributed by atoms with van der Waals surface area (Å²) in [6, 6.07) is 1.84. The minimum absolute atomic E-state index is 0.804. The molecule has 3 rings (SSSR count). The van der Waals surface area contributed by atoms with Crippen LogP contribution in [0.5, 0.6) is 0 Å². The highest BCUT2D eigenvalue weighted by Crippen LogP contribution is 2.24. The van der Waals surface area contributed by atoms with Crippen molar-refractivity contribution < 1.29 is 4.52 Å². The molecular weight excluding hydrogens is 192 g/mol. The summed E-state index contributed by atoms with van der Waals surface area (Å²) in [5.74, 6) is 0.916. The highest BCUT2D eigenvalue weighted by Gasteiger charge is 2.17. The highest BCUT2D eigenvalue weighted by molar-refractivity contribution is 5.87. The van der Waals surface area contributed by atoms with Gasteiger partial charge in [-0.3, -0.25) is 4.98 Å². The summed E-state index contributed by atoms with van der Waals surface area (Å²) in [6.45, 7) is 3.93. The lowest BCUT2D eigenvalue weighted by Gasteiger charge is -2.26. The smallest absolute Gasteiger partial charge is 0.181 e. The van der Waals surface area contributed by atoms with Crippen LogP contribution in [0.25, 0.3) is 11.0 Å². The molecule has 1 N–H and O–H groups in total. The molecule has 5 heteroatoms. The average Bonchev–Trinajstić information content (AvgIpc) is 2.74. The van der Waals surface area contributed by atoms with Gasteiger partial charge < -0.3 is 14.7 Å². The molecule has 3 heterocycles. The highest BCUT2D eigenvalue weighted by atomic mass is 16.5. The van der Waals surface area contributed by atoms with Crippen LogP contribution >= 0.6 is 0 Å². The average molecular weight is 204 g/mol. The zero-order valence-corrected chi connectivity index (χ0v) is 8.31. The van der Waals surface area contributed by atoms with Crippen molar-refractivity contribution in [2.24, 2.45) is 0 Å². The van der Waals surface area contributed by atoms with Gasteiger partial charge in [-0.1, -0.05) is 5.16 Å². The molecule has 0 atom stereocenters. The van der Waals surface area contributed by atoms with E-state index in [2.05, 4.69) is 20.4 Å². The molecule has 1 saturated heterocycles. The van der Waals surface area contributed by atoms with Crippen LogP contribution in [-0.2, 0) is 0 Å². The third-order valence-corrected chi connectivity index (χ3v) is 2.67. The molecule has 0 bridgehead atoms. The predicted octanol–water partition coefficient (Wildman–Crippen LogP) is 0.632. The molecular formula is C10H12N4O. The van der Waals surface area contributed by atoms with E-state index >= 15 is 0 Å². The van der Waals surface area contributed by atoms with E-state index in [1.165, 1.54) is 0 Å². The maximum atomic E-state index is 5.25. The van der Waals surface area contributed by atoms with Gasteiger partial charge in [-0.15, -0.1) is 0 Å². The van der Waals surface area contributed by atoms with Crippen molar-refractivity contribution in [1.82, 2.24) is 15.5 Å². The number of hydrogen-bond donors (Lipinski definition) is 1. The van der Waals surface area contributed by atoms with E-state index in [1.807, 2.05) is 12.3 Å². The maximum Gasteiger partial charge on any atom is 0.181 e. The first-order valence-corrected chi connectivity index (χ1v) is 5.10. The number of hydrogen-bond acceptors (Lipinski definition) is 5. The lowest BCUT2D eigenvalue weighted by molar-refractivity contribution is 0.451. The van der Waals surface area contributed by atoms with Gasteiger partial charge in [-0.2, -0.15) is 0 Å². The number of aromatic nitrogens is 2. The van der Waals surface area contributed by atoms with E-state index in [0.29, 0.717) is 0 Å². The summed E-state index contributed by atoms with van der Waals surface area (Å²) >= 11 is 0. The third kappa shape index (κ3) is 1.45. The summed E-state index contributed by atoms with van der Waals surface area (Å²) in [4.78, 5) is 6.32. The summed E-state index contributed by atoms with van der Waals surface area (Å²) in [6.07, 6.45) is 3.53. The number of fused-ring (bicyclic) bond motifs is 1. The van der Waals surface area contributed by atoms with Crippen molar-refractivity contribution in [3.05, 3.63) is 18.5 Å². The van der Waals surface area contributed by atoms with Gasteiger partial charge in [0.1, 0.15) is 0 Å². The minimum atomic E-state index is 0.804. The molecule has 1 aliphatic heterocycles. The Morgan fingerprint density at radius 1 is 1.33 bits per heavy atom. The molecule has 1 fully saturated rings. The fraction of sp³-hybridized carbons (Fsp3) is 0.400. The molecule has 0 amide bonds. The molecule has 0 spiro atoms. The number of piperazine rings is 1. The number of rotatable bonds is 1. The second-order valence-corrected chi connectivity index (χ2v) is 3.62. The summed E-state index contributed by atoms with van der Waals surface area (Å²) in [7, 11) is 0. The molecule has 0 aromatic carbocycles. The van der Waals surface area contributed by atoms with Gasteiger partial charge in [-0.25, -0.2) is 0 Å². The van der Waals surface area contributed by atoms with Gasteiger partial charge in [0.15, 0.2) is 11.4 Å². The second-order valence-electron chi connectivity index (χ2n) is 3.62. The molecule has 1 aliphatic rings. The first kappa shape index (κ1) is 8.67. The first-order valence-electron chi connectivity index (χ1n) is 5.10. The van der Waals surface area contributed by atoms with Crippen molar-refractivity contribution in [3.8, 4) is 0 Å². The zero-order chi connectivity index (χ0) is 10.1. The van der Waals surface area contributed by atoms with Gasteiger partial charge >= 0.3 is 0 Å². The molecule has 2 aromatic rings. The van der Waals surface area contributed by atoms with Crippen molar-refractivity contribution in [2.45, 2.75) is 0 Å². The van der Waals surface area contributed by atoms with Gasteiger partial charge in [0, 0.05) is 44.6 Å². The Hall–Kier alpha value is -1.62. The van der Waals surface area contributed by atoms with Crippen LogP contribution in [0.3, 0.4) is 0 Å². The van der Waals surface area contributed by atoms with Crippen LogP contribution < -0.4 is 10.2 Å². The SMILES string of the molecule is c1cc2onc(N3CCNCC3)c2cn1. The van der Waals surface area contributed by atoms with Gasteiger partial charge in [-0.05, 0) is 0 Å². The van der Waals surface area contributed by atoms with E-state index in [9.17, 15) is 0 Å². The van der Waals surface area contributed by atoms with Crippen LogP contribution in [-0.4, -0.2) is 36.3 Å². The molecule has 0 aliphatic carbocycles. The van der Waals surface area contributed by atoms with Crippen LogP contribution in [0.2, 0.25) is 0 Å². The van der Waals surface area contributed by atoms with Crippen molar-refractivity contribution in [2.75, 3.05) is 31.1 Å². The van der Waals surface area contributed by atoms with Crippen molar-refractivity contribution in [3.63, 3.8) is 0 Å². The minimum Gasteiger partial charge on any atom is -0.354 e. The van der Waals surface area contributed by atoms with Gasteiger partial charge in [0.05, 0.1) is 5.39 Å². The van der Waals surface area contributed by atoms with Crippen molar-refractivity contribution in [1.29, 1.82) is 0 Å². The first-order chi connectivity index (χ1) is 7.45. The Kier molecular flexibility index (Phi) is 2.03. The van der Waals surface area contributed by atoms with E-state index < -0.39 is 0 Å². The molecule has 0 saturated carbocycles. The predicted molar refractivity (Wildman–Crippen MR) is 56.9 cm³/mol. The third-order valence-electron chi connectivity index (χ3n) is 2.67. The fourth-order valence-corrected chi connectivity index (χ4v) is 1.88. The second kappa shape index (κ2) is 3.51. The zero-order valence-electron chi connectivity index (χ0n) is 8.31. The Bertz CT molecular complexity index is 461. The van der Waals surface area contributed by atoms with E-state index in [1.54, 1.807) is 6.20 Å². The van der Waals surface area contributed by atoms with Gasteiger partial charge in [0.25, 0.3) is 0 Å². The van der Waals surface area contributed by atoms with Crippen LogP contribution in [0, 0.1) is 0 Å². The lowest BCUT2D eigenvalue weighted by atomic mass is 10.3. The number of nitrogens with zero attached hydrogens (tertiary/aromatic N) is 3. The number of nitrogens with one attached hydrogen (secondary N) is 1. The molecule has 0 unspecified atom stereocenters. The van der Waals surface area contributed by atoms with E-state index in [4.69, 9.17) is 4.52 Å². The maximum absolute atomic E-state index is 5.25. The van der Waals surface area contributed by atoms with E-state index in [-0.39, 0.29) is 0 Å². The van der Waals surface area contributed by atoms with Crippen molar-refractivity contribution >= 4 is 16.8 Å². The topological polar surface area (TPSA) is 54.2 Å². The van der Waals surface area contributed by atoms with E-state index in [0.717, 1.165) is 43.0 Å². The number of anilines is 1. The summed E-state index contributed by atoms with van der Waals surface area (Å²) in [5, 5.41) is 8.41. The Morgan fingerprint density at radius 3 is 3.07 bits per heavy atom. The van der Waals surface area contributed by atoms with Crippen LogP contribution in [0.4, 0.5) is 5.82 Å². The summed E-state index contributed by atoms with van der Waals surface area (Å²) in [5.41, 5.74) is 0.804. The summed E-state index contributed by atoms with van der Waals surface area (Å²) < 4.78 is 5.25. The normalized spacial score (nSPS) is 17.2.